The molecule has 122 valence electrons. The smallest absolute Gasteiger partial charge is 0.414 e. The van der Waals surface area contributed by atoms with Crippen LogP contribution in [0.4, 0.5) is 14.9 Å². The Hall–Kier alpha value is -2.93. The average molecular weight is 326 g/mol. The van der Waals surface area contributed by atoms with Crippen molar-refractivity contribution in [3.05, 3.63) is 48.7 Å². The van der Waals surface area contributed by atoms with E-state index in [1.807, 2.05) is 6.07 Å². The minimum Gasteiger partial charge on any atom is -0.443 e. The fourth-order valence-corrected chi connectivity index (χ4v) is 2.94. The number of halogens is 1. The lowest BCUT2D eigenvalue weighted by atomic mass is 10.0. The van der Waals surface area contributed by atoms with Crippen molar-refractivity contribution < 1.29 is 13.9 Å². The van der Waals surface area contributed by atoms with Crippen molar-refractivity contribution in [2.24, 2.45) is 5.73 Å². The number of carbonyl (C=O) groups excluding carboxylic acids is 1. The number of hydrogen-bond donors (Lipinski definition) is 2. The Labute approximate surface area is 137 Å². The zero-order valence-corrected chi connectivity index (χ0v) is 12.7. The van der Waals surface area contributed by atoms with Crippen LogP contribution in [-0.2, 0) is 4.74 Å². The van der Waals surface area contributed by atoms with Crippen LogP contribution in [0.2, 0.25) is 0 Å². The fraction of sp³-hybridized carbons (Fsp3) is 0.176. The highest BCUT2D eigenvalue weighted by Gasteiger charge is 2.31. The number of carbonyl (C=O) groups is 1. The molecule has 3 aromatic rings. The Bertz CT molecular complexity index is 924. The molecule has 1 aliphatic heterocycles. The Morgan fingerprint density at radius 2 is 2.21 bits per heavy atom. The van der Waals surface area contributed by atoms with E-state index in [0.717, 1.165) is 10.9 Å². The highest BCUT2D eigenvalue weighted by atomic mass is 19.1. The number of nitrogens with zero attached hydrogens (tertiary/aromatic N) is 2. The standard InChI is InChI=1S/C17H15FN4O2/c18-15-5-10(22-9-11(6-19)24-17(22)23)1-2-12(15)14-7-20-8-16-13(14)3-4-21-16/h1-5,7-8,11,21H,6,9,19H2. The van der Waals surface area contributed by atoms with Gasteiger partial charge in [-0.05, 0) is 24.3 Å². The molecule has 6 nitrogen and oxygen atoms in total. The van der Waals surface area contributed by atoms with Crippen LogP contribution in [0.3, 0.4) is 0 Å². The third-order valence-electron chi connectivity index (χ3n) is 4.17. The van der Waals surface area contributed by atoms with E-state index in [9.17, 15) is 9.18 Å². The lowest BCUT2D eigenvalue weighted by Crippen LogP contribution is -2.27. The first kappa shape index (κ1) is 14.6. The molecule has 1 saturated heterocycles. The normalized spacial score (nSPS) is 17.5. The van der Waals surface area contributed by atoms with Crippen LogP contribution in [0.25, 0.3) is 22.0 Å². The zero-order chi connectivity index (χ0) is 16.7. The van der Waals surface area contributed by atoms with Gasteiger partial charge in [0.2, 0.25) is 0 Å². The van der Waals surface area contributed by atoms with Crippen LogP contribution >= 0.6 is 0 Å². The summed E-state index contributed by atoms with van der Waals surface area (Å²) in [5, 5.41) is 0.889. The number of amides is 1. The predicted molar refractivity (Wildman–Crippen MR) is 88.2 cm³/mol. The molecule has 1 fully saturated rings. The molecule has 0 saturated carbocycles. The highest BCUT2D eigenvalue weighted by molar-refractivity contribution is 5.95. The van der Waals surface area contributed by atoms with Gasteiger partial charge in [0.05, 0.1) is 23.9 Å². The second-order valence-electron chi connectivity index (χ2n) is 5.64. The number of ether oxygens (including phenoxy) is 1. The molecule has 1 aromatic carbocycles. The number of anilines is 1. The lowest BCUT2D eigenvalue weighted by molar-refractivity contribution is 0.145. The molecule has 3 heterocycles. The van der Waals surface area contributed by atoms with E-state index < -0.39 is 11.9 Å². The maximum atomic E-state index is 14.7. The third kappa shape index (κ3) is 2.30. The molecule has 1 aliphatic rings. The van der Waals surface area contributed by atoms with E-state index >= 15 is 0 Å². The molecule has 3 N–H and O–H groups in total. The van der Waals surface area contributed by atoms with Crippen LogP contribution in [0, 0.1) is 5.82 Å². The average Bonchev–Trinajstić information content (AvgIpc) is 3.20. The topological polar surface area (TPSA) is 84.2 Å². The van der Waals surface area contributed by atoms with Gasteiger partial charge < -0.3 is 15.5 Å². The number of hydrogen-bond acceptors (Lipinski definition) is 4. The molecular weight excluding hydrogens is 311 g/mol. The summed E-state index contributed by atoms with van der Waals surface area (Å²) in [7, 11) is 0. The van der Waals surface area contributed by atoms with Crippen molar-refractivity contribution in [2.45, 2.75) is 6.10 Å². The largest absolute Gasteiger partial charge is 0.443 e. The maximum Gasteiger partial charge on any atom is 0.414 e. The molecule has 0 bridgehead atoms. The van der Waals surface area contributed by atoms with Gasteiger partial charge in [0, 0.05) is 35.5 Å². The summed E-state index contributed by atoms with van der Waals surface area (Å²) in [4.78, 5) is 20.4. The zero-order valence-electron chi connectivity index (χ0n) is 12.7. The Kier molecular flexibility index (Phi) is 3.42. The maximum absolute atomic E-state index is 14.7. The van der Waals surface area contributed by atoms with Crippen molar-refractivity contribution in [3.63, 3.8) is 0 Å². The molecule has 24 heavy (non-hydrogen) atoms. The van der Waals surface area contributed by atoms with Crippen LogP contribution in [0.15, 0.2) is 42.9 Å². The molecule has 7 heteroatoms. The van der Waals surface area contributed by atoms with Gasteiger partial charge in [0.15, 0.2) is 0 Å². The van der Waals surface area contributed by atoms with E-state index in [4.69, 9.17) is 10.5 Å². The van der Waals surface area contributed by atoms with Crippen molar-refractivity contribution in [3.8, 4) is 11.1 Å². The first-order valence-corrected chi connectivity index (χ1v) is 7.56. The van der Waals surface area contributed by atoms with Crippen molar-refractivity contribution in [2.75, 3.05) is 18.0 Å². The molecule has 0 spiro atoms. The lowest BCUT2D eigenvalue weighted by Gasteiger charge is -2.14. The Balaban J connectivity index is 1.73. The number of nitrogens with two attached hydrogens (primary N) is 1. The summed E-state index contributed by atoms with van der Waals surface area (Å²) in [6.45, 7) is 0.563. The molecule has 0 aliphatic carbocycles. The van der Waals surface area contributed by atoms with Crippen LogP contribution < -0.4 is 10.6 Å². The van der Waals surface area contributed by atoms with Gasteiger partial charge in [0.25, 0.3) is 0 Å². The second-order valence-corrected chi connectivity index (χ2v) is 5.64. The van der Waals surface area contributed by atoms with Gasteiger partial charge in [-0.1, -0.05) is 0 Å². The number of aromatic amines is 1. The SMILES string of the molecule is NCC1CN(c2ccc(-c3cncc4[nH]ccc34)c(F)c2)C(=O)O1. The number of pyridine rings is 1. The predicted octanol–water partition coefficient (Wildman–Crippen LogP) is 2.65. The fourth-order valence-electron chi connectivity index (χ4n) is 2.94. The van der Waals surface area contributed by atoms with E-state index in [1.165, 1.54) is 11.0 Å². The summed E-state index contributed by atoms with van der Waals surface area (Å²) in [6, 6.07) is 6.56. The summed E-state index contributed by atoms with van der Waals surface area (Å²) in [6.07, 6.45) is 4.24. The third-order valence-corrected chi connectivity index (χ3v) is 4.17. The van der Waals surface area contributed by atoms with E-state index in [-0.39, 0.29) is 12.6 Å². The van der Waals surface area contributed by atoms with Crippen molar-refractivity contribution >= 4 is 22.7 Å². The van der Waals surface area contributed by atoms with Crippen molar-refractivity contribution in [1.29, 1.82) is 0 Å². The molecule has 2 aromatic heterocycles. The summed E-state index contributed by atoms with van der Waals surface area (Å²) >= 11 is 0. The molecule has 1 atom stereocenters. The second kappa shape index (κ2) is 5.61. The molecule has 4 rings (SSSR count). The first-order valence-electron chi connectivity index (χ1n) is 7.56. The van der Waals surface area contributed by atoms with E-state index in [1.54, 1.807) is 30.7 Å². The van der Waals surface area contributed by atoms with Crippen molar-refractivity contribution in [1.82, 2.24) is 9.97 Å². The number of benzene rings is 1. The number of cyclic esters (lactones) is 1. The summed E-state index contributed by atoms with van der Waals surface area (Å²) in [5.41, 5.74) is 7.94. The summed E-state index contributed by atoms with van der Waals surface area (Å²) in [5.74, 6) is -0.424. The highest BCUT2D eigenvalue weighted by Crippen LogP contribution is 2.32. The number of aromatic nitrogens is 2. The summed E-state index contributed by atoms with van der Waals surface area (Å²) < 4.78 is 19.8. The number of nitrogens with one attached hydrogen (secondary N) is 1. The molecule has 1 amide bonds. The molecular formula is C17H15FN4O2. The minimum atomic E-state index is -0.507. The van der Waals surface area contributed by atoms with Gasteiger partial charge in [-0.3, -0.25) is 9.88 Å². The van der Waals surface area contributed by atoms with Gasteiger partial charge in [-0.15, -0.1) is 0 Å². The first-order chi connectivity index (χ1) is 11.7. The molecule has 1 unspecified atom stereocenters. The Morgan fingerprint density at radius 3 is 2.96 bits per heavy atom. The van der Waals surface area contributed by atoms with Gasteiger partial charge in [-0.25, -0.2) is 9.18 Å². The van der Waals surface area contributed by atoms with Gasteiger partial charge in [-0.2, -0.15) is 0 Å². The van der Waals surface area contributed by atoms with Crippen LogP contribution in [0.5, 0.6) is 0 Å². The monoisotopic (exact) mass is 326 g/mol. The van der Waals surface area contributed by atoms with E-state index in [2.05, 4.69) is 9.97 Å². The Morgan fingerprint density at radius 1 is 1.33 bits per heavy atom. The van der Waals surface area contributed by atoms with Crippen LogP contribution in [0.1, 0.15) is 0 Å². The van der Waals surface area contributed by atoms with Gasteiger partial charge >= 0.3 is 6.09 Å². The van der Waals surface area contributed by atoms with E-state index in [0.29, 0.717) is 23.4 Å². The number of H-pyrrole nitrogens is 1. The number of rotatable bonds is 3. The minimum absolute atomic E-state index is 0.240. The number of fused-ring (bicyclic) bond motifs is 1. The molecule has 0 radical (unpaired) electrons. The van der Waals surface area contributed by atoms with Crippen LogP contribution in [-0.4, -0.2) is 35.3 Å². The quantitative estimate of drug-likeness (QED) is 0.775. The van der Waals surface area contributed by atoms with Gasteiger partial charge in [0.1, 0.15) is 11.9 Å².